The maximum absolute atomic E-state index is 14.7. The van der Waals surface area contributed by atoms with Crippen LogP contribution in [0.25, 0.3) is 11.0 Å². The van der Waals surface area contributed by atoms with Gasteiger partial charge < -0.3 is 14.1 Å². The molecular weight excluding hydrogens is 397 g/mol. The molecule has 0 saturated carbocycles. The summed E-state index contributed by atoms with van der Waals surface area (Å²) in [6, 6.07) is 9.96. The van der Waals surface area contributed by atoms with Crippen LogP contribution in [0.5, 0.6) is 0 Å². The van der Waals surface area contributed by atoms with E-state index in [0.717, 1.165) is 12.8 Å². The molecule has 0 bridgehead atoms. The highest BCUT2D eigenvalue weighted by atomic mass is 35.5. The van der Waals surface area contributed by atoms with Gasteiger partial charge in [-0.2, -0.15) is 0 Å². The number of fused-ring (bicyclic) bond motifs is 2. The van der Waals surface area contributed by atoms with Gasteiger partial charge >= 0.3 is 0 Å². The first-order valence-electron chi connectivity index (χ1n) is 9.48. The Morgan fingerprint density at radius 3 is 2.76 bits per heavy atom. The van der Waals surface area contributed by atoms with Crippen LogP contribution in [0.3, 0.4) is 0 Å². The normalized spacial score (nSPS) is 21.2. The average Bonchev–Trinajstić information content (AvgIpc) is 3.31. The van der Waals surface area contributed by atoms with Crippen LogP contribution in [0.15, 0.2) is 51.7 Å². The molecule has 7 heteroatoms. The van der Waals surface area contributed by atoms with E-state index >= 15 is 0 Å². The van der Waals surface area contributed by atoms with Crippen molar-refractivity contribution in [2.45, 2.75) is 25.0 Å². The largest absolute Gasteiger partial charge is 0.450 e. The van der Waals surface area contributed by atoms with Crippen molar-refractivity contribution in [3.8, 4) is 0 Å². The molecule has 1 aromatic heterocycles. The summed E-state index contributed by atoms with van der Waals surface area (Å²) in [6.07, 6.45) is 1.56. The third-order valence-corrected chi connectivity index (χ3v) is 5.79. The van der Waals surface area contributed by atoms with Crippen molar-refractivity contribution in [3.63, 3.8) is 0 Å². The molecule has 3 aromatic rings. The topological polar surface area (TPSA) is 59.8 Å². The summed E-state index contributed by atoms with van der Waals surface area (Å²) in [4.78, 5) is 28.1. The molecule has 148 valence electrons. The van der Waals surface area contributed by atoms with E-state index in [0.29, 0.717) is 11.6 Å². The number of carbonyl (C=O) groups is 1. The van der Waals surface area contributed by atoms with E-state index in [1.807, 2.05) is 0 Å². The summed E-state index contributed by atoms with van der Waals surface area (Å²) >= 11 is 6.06. The first-order valence-corrected chi connectivity index (χ1v) is 9.85. The molecule has 5 nitrogen and oxygen atoms in total. The van der Waals surface area contributed by atoms with E-state index in [1.54, 1.807) is 30.3 Å². The molecule has 0 radical (unpaired) electrons. The monoisotopic (exact) mass is 413 g/mol. The number of nitrogens with zero attached hydrogens (tertiary/aromatic N) is 1. The number of hydrogen-bond acceptors (Lipinski definition) is 4. The number of amides is 1. The second kappa shape index (κ2) is 6.97. The third-order valence-electron chi connectivity index (χ3n) is 5.55. The minimum absolute atomic E-state index is 0.0453. The van der Waals surface area contributed by atoms with E-state index in [9.17, 15) is 14.0 Å². The Bertz CT molecular complexity index is 1190. The Morgan fingerprint density at radius 2 is 2.00 bits per heavy atom. The van der Waals surface area contributed by atoms with Gasteiger partial charge in [-0.05, 0) is 37.1 Å². The van der Waals surface area contributed by atoms with E-state index in [-0.39, 0.29) is 45.9 Å². The van der Waals surface area contributed by atoms with Gasteiger partial charge in [0.25, 0.3) is 5.91 Å². The number of hydrogen-bond donors (Lipinski definition) is 0. The highest BCUT2D eigenvalue weighted by Gasteiger charge is 2.44. The van der Waals surface area contributed by atoms with Gasteiger partial charge in [-0.3, -0.25) is 9.59 Å². The van der Waals surface area contributed by atoms with Crippen molar-refractivity contribution >= 4 is 28.5 Å². The minimum atomic E-state index is -0.873. The predicted molar refractivity (Wildman–Crippen MR) is 106 cm³/mol. The molecule has 1 fully saturated rings. The van der Waals surface area contributed by atoms with E-state index in [1.165, 1.54) is 17.0 Å². The van der Waals surface area contributed by atoms with Crippen molar-refractivity contribution in [2.24, 2.45) is 0 Å². The molecule has 0 N–H and O–H groups in total. The average molecular weight is 414 g/mol. The maximum atomic E-state index is 14.7. The first kappa shape index (κ1) is 18.3. The lowest BCUT2D eigenvalue weighted by atomic mass is 9.98. The van der Waals surface area contributed by atoms with E-state index in [2.05, 4.69) is 0 Å². The fraction of sp³-hybridized carbons (Fsp3) is 0.273. The van der Waals surface area contributed by atoms with Crippen LogP contribution in [-0.2, 0) is 4.74 Å². The lowest BCUT2D eigenvalue weighted by Gasteiger charge is -2.27. The maximum Gasteiger partial charge on any atom is 0.291 e. The van der Waals surface area contributed by atoms with Crippen LogP contribution in [0.1, 0.15) is 40.6 Å². The summed E-state index contributed by atoms with van der Waals surface area (Å²) in [7, 11) is 0. The van der Waals surface area contributed by atoms with Crippen molar-refractivity contribution in [2.75, 3.05) is 13.2 Å². The van der Waals surface area contributed by atoms with Crippen molar-refractivity contribution < 1.29 is 18.3 Å². The van der Waals surface area contributed by atoms with E-state index in [4.69, 9.17) is 20.8 Å². The highest BCUT2D eigenvalue weighted by molar-refractivity contribution is 6.31. The lowest BCUT2D eigenvalue weighted by molar-refractivity contribution is 0.0483. The molecule has 2 aliphatic heterocycles. The van der Waals surface area contributed by atoms with Gasteiger partial charge in [0.2, 0.25) is 5.76 Å². The van der Waals surface area contributed by atoms with Crippen LogP contribution < -0.4 is 5.43 Å². The number of ether oxygens (including phenoxy) is 1. The summed E-state index contributed by atoms with van der Waals surface area (Å²) < 4.78 is 26.2. The molecule has 29 heavy (non-hydrogen) atoms. The van der Waals surface area contributed by atoms with Crippen molar-refractivity contribution in [1.82, 2.24) is 4.90 Å². The Kier molecular flexibility index (Phi) is 4.41. The zero-order valence-electron chi connectivity index (χ0n) is 15.4. The molecule has 2 aromatic carbocycles. The van der Waals surface area contributed by atoms with Gasteiger partial charge in [0, 0.05) is 23.7 Å². The Hall–Kier alpha value is -2.70. The van der Waals surface area contributed by atoms with Crippen molar-refractivity contribution in [3.05, 3.63) is 80.4 Å². The summed E-state index contributed by atoms with van der Waals surface area (Å²) in [5, 5.41) is 0.650. The summed E-state index contributed by atoms with van der Waals surface area (Å²) in [5.41, 5.74) is 0.303. The van der Waals surface area contributed by atoms with Gasteiger partial charge in [-0.25, -0.2) is 4.39 Å². The molecule has 0 aliphatic carbocycles. The molecular formula is C22H17ClFNO4. The van der Waals surface area contributed by atoms with Gasteiger partial charge in [0.05, 0.1) is 23.1 Å². The highest BCUT2D eigenvalue weighted by Crippen LogP contribution is 2.39. The smallest absolute Gasteiger partial charge is 0.291 e. The molecule has 5 rings (SSSR count). The molecule has 1 saturated heterocycles. The Morgan fingerprint density at radius 1 is 1.17 bits per heavy atom. The summed E-state index contributed by atoms with van der Waals surface area (Å²) in [6.45, 7) is 0.891. The van der Waals surface area contributed by atoms with Crippen LogP contribution in [0, 0.1) is 5.82 Å². The zero-order chi connectivity index (χ0) is 20.1. The molecule has 0 spiro atoms. The number of rotatable bonds is 3. The Balaban J connectivity index is 1.74. The third kappa shape index (κ3) is 2.94. The SMILES string of the molecule is O=C1c2oc3ccc(Cl)cc3c(=O)c2[C@H](c2ccccc2F)N1C[C@@H]1CCCO1. The lowest BCUT2D eigenvalue weighted by Crippen LogP contribution is -2.36. The minimum Gasteiger partial charge on any atom is -0.450 e. The fourth-order valence-electron chi connectivity index (χ4n) is 4.21. The molecule has 3 heterocycles. The fourth-order valence-corrected chi connectivity index (χ4v) is 4.38. The standard InChI is InChI=1S/C22H17ClFNO4/c23-12-7-8-17-15(10-12)20(26)18-19(14-5-1-2-6-16(14)24)25(22(27)21(18)29-17)11-13-4-3-9-28-13/h1-2,5-8,10,13,19H,3-4,9,11H2/t13-,19-/m0/s1. The first-order chi connectivity index (χ1) is 14.0. The quantitative estimate of drug-likeness (QED) is 0.642. The molecule has 2 aliphatic rings. The van der Waals surface area contributed by atoms with E-state index < -0.39 is 17.8 Å². The van der Waals surface area contributed by atoms with Gasteiger partial charge in [0.1, 0.15) is 11.4 Å². The van der Waals surface area contributed by atoms with Crippen molar-refractivity contribution in [1.29, 1.82) is 0 Å². The summed E-state index contributed by atoms with van der Waals surface area (Å²) in [5.74, 6) is -0.963. The van der Waals surface area contributed by atoms with Gasteiger partial charge in [-0.1, -0.05) is 29.8 Å². The van der Waals surface area contributed by atoms with Crippen LogP contribution >= 0.6 is 11.6 Å². The van der Waals surface area contributed by atoms with Gasteiger partial charge in [-0.15, -0.1) is 0 Å². The number of benzene rings is 2. The molecule has 1 amide bonds. The van der Waals surface area contributed by atoms with Crippen LogP contribution in [-0.4, -0.2) is 30.1 Å². The van der Waals surface area contributed by atoms with Crippen LogP contribution in [0.2, 0.25) is 5.02 Å². The Labute approximate surface area is 170 Å². The molecule has 2 atom stereocenters. The van der Waals surface area contributed by atoms with Crippen LogP contribution in [0.4, 0.5) is 4.39 Å². The number of halogens is 2. The molecule has 0 unspecified atom stereocenters. The van der Waals surface area contributed by atoms with Gasteiger partial charge in [0.15, 0.2) is 5.43 Å². The zero-order valence-corrected chi connectivity index (χ0v) is 16.1. The second-order valence-electron chi connectivity index (χ2n) is 7.33. The second-order valence-corrected chi connectivity index (χ2v) is 7.77. The number of carbonyl (C=O) groups excluding carboxylic acids is 1. The predicted octanol–water partition coefficient (Wildman–Crippen LogP) is 4.31.